The highest BCUT2D eigenvalue weighted by atomic mass is 19.1. The zero-order valence-electron chi connectivity index (χ0n) is 11.6. The first-order chi connectivity index (χ1) is 9.47. The van der Waals surface area contributed by atoms with Crippen LogP contribution in [0.2, 0.25) is 0 Å². The van der Waals surface area contributed by atoms with Crippen LogP contribution in [-0.2, 0) is 0 Å². The summed E-state index contributed by atoms with van der Waals surface area (Å²) in [6.45, 7) is 3.98. The molecule has 2 amide bonds. The SMILES string of the molecule is CCCC(CC)NC(=O)Nc1ccc(F)cc1C(=O)O. The smallest absolute Gasteiger partial charge is 0.337 e. The van der Waals surface area contributed by atoms with Gasteiger partial charge in [-0.15, -0.1) is 0 Å². The number of halogens is 1. The molecule has 20 heavy (non-hydrogen) atoms. The van der Waals surface area contributed by atoms with E-state index >= 15 is 0 Å². The molecular formula is C14H19FN2O3. The average molecular weight is 282 g/mol. The van der Waals surface area contributed by atoms with Crippen molar-refractivity contribution in [3.63, 3.8) is 0 Å². The Morgan fingerprint density at radius 2 is 2.05 bits per heavy atom. The van der Waals surface area contributed by atoms with Gasteiger partial charge in [-0.1, -0.05) is 20.3 Å². The second kappa shape index (κ2) is 7.47. The lowest BCUT2D eigenvalue weighted by molar-refractivity contribution is 0.0697. The predicted molar refractivity (Wildman–Crippen MR) is 74.5 cm³/mol. The van der Waals surface area contributed by atoms with Crippen LogP contribution < -0.4 is 10.6 Å². The third-order valence-corrected chi connectivity index (χ3v) is 2.93. The van der Waals surface area contributed by atoms with Gasteiger partial charge in [-0.05, 0) is 31.0 Å². The summed E-state index contributed by atoms with van der Waals surface area (Å²) in [4.78, 5) is 22.8. The zero-order valence-corrected chi connectivity index (χ0v) is 11.6. The van der Waals surface area contributed by atoms with Crippen LogP contribution >= 0.6 is 0 Å². The molecule has 1 aromatic carbocycles. The molecule has 1 unspecified atom stereocenters. The molecule has 0 saturated heterocycles. The van der Waals surface area contributed by atoms with Crippen LogP contribution in [0.4, 0.5) is 14.9 Å². The summed E-state index contributed by atoms with van der Waals surface area (Å²) in [5.41, 5.74) is -0.202. The summed E-state index contributed by atoms with van der Waals surface area (Å²) in [5.74, 6) is -1.95. The van der Waals surface area contributed by atoms with Gasteiger partial charge < -0.3 is 15.7 Å². The molecule has 0 heterocycles. The summed E-state index contributed by atoms with van der Waals surface area (Å²) < 4.78 is 13.0. The molecule has 0 bridgehead atoms. The second-order valence-corrected chi connectivity index (χ2v) is 4.49. The summed E-state index contributed by atoms with van der Waals surface area (Å²) in [7, 11) is 0. The van der Waals surface area contributed by atoms with E-state index in [1.54, 1.807) is 0 Å². The molecule has 0 spiro atoms. The van der Waals surface area contributed by atoms with Crippen LogP contribution in [0.5, 0.6) is 0 Å². The fourth-order valence-corrected chi connectivity index (χ4v) is 1.87. The molecule has 0 aromatic heterocycles. The van der Waals surface area contributed by atoms with Crippen LogP contribution in [0.25, 0.3) is 0 Å². The molecule has 0 aliphatic carbocycles. The van der Waals surface area contributed by atoms with Crippen molar-refractivity contribution < 1.29 is 19.1 Å². The van der Waals surface area contributed by atoms with Crippen molar-refractivity contribution in [2.75, 3.05) is 5.32 Å². The molecule has 5 nitrogen and oxygen atoms in total. The van der Waals surface area contributed by atoms with Gasteiger partial charge in [0.05, 0.1) is 11.3 Å². The Morgan fingerprint density at radius 1 is 1.35 bits per heavy atom. The molecular weight excluding hydrogens is 263 g/mol. The van der Waals surface area contributed by atoms with E-state index in [2.05, 4.69) is 10.6 Å². The minimum Gasteiger partial charge on any atom is -0.478 e. The van der Waals surface area contributed by atoms with Crippen LogP contribution in [0.1, 0.15) is 43.5 Å². The Morgan fingerprint density at radius 3 is 2.60 bits per heavy atom. The van der Waals surface area contributed by atoms with Gasteiger partial charge in [-0.2, -0.15) is 0 Å². The third kappa shape index (κ3) is 4.53. The average Bonchev–Trinajstić information content (AvgIpc) is 2.40. The normalized spacial score (nSPS) is 11.8. The number of anilines is 1. The van der Waals surface area contributed by atoms with E-state index in [1.165, 1.54) is 6.07 Å². The van der Waals surface area contributed by atoms with Crippen LogP contribution in [-0.4, -0.2) is 23.1 Å². The lowest BCUT2D eigenvalue weighted by Crippen LogP contribution is -2.37. The maximum Gasteiger partial charge on any atom is 0.337 e. The first-order valence-electron chi connectivity index (χ1n) is 6.58. The predicted octanol–water partition coefficient (Wildman–Crippen LogP) is 3.22. The lowest BCUT2D eigenvalue weighted by Gasteiger charge is -2.17. The number of hydrogen-bond donors (Lipinski definition) is 3. The van der Waals surface area contributed by atoms with E-state index < -0.39 is 17.8 Å². The number of benzene rings is 1. The lowest BCUT2D eigenvalue weighted by atomic mass is 10.1. The third-order valence-electron chi connectivity index (χ3n) is 2.93. The van der Waals surface area contributed by atoms with Gasteiger partial charge in [0.15, 0.2) is 0 Å². The fraction of sp³-hybridized carbons (Fsp3) is 0.429. The largest absolute Gasteiger partial charge is 0.478 e. The molecule has 110 valence electrons. The van der Waals surface area contributed by atoms with Gasteiger partial charge in [0, 0.05) is 6.04 Å². The molecule has 0 fully saturated rings. The van der Waals surface area contributed by atoms with Crippen LogP contribution in [0.15, 0.2) is 18.2 Å². The monoisotopic (exact) mass is 282 g/mol. The standard InChI is InChI=1S/C14H19FN2O3/c1-3-5-10(4-2)16-14(20)17-12-7-6-9(15)8-11(12)13(18)19/h6-8,10H,3-5H2,1-2H3,(H,18,19)(H2,16,17,20). The second-order valence-electron chi connectivity index (χ2n) is 4.49. The molecule has 0 aliphatic rings. The van der Waals surface area contributed by atoms with Crippen molar-refractivity contribution in [2.24, 2.45) is 0 Å². The van der Waals surface area contributed by atoms with Crippen molar-refractivity contribution in [3.8, 4) is 0 Å². The van der Waals surface area contributed by atoms with Crippen molar-refractivity contribution in [2.45, 2.75) is 39.2 Å². The van der Waals surface area contributed by atoms with Crippen molar-refractivity contribution in [3.05, 3.63) is 29.6 Å². The zero-order chi connectivity index (χ0) is 15.1. The van der Waals surface area contributed by atoms with E-state index in [1.807, 2.05) is 13.8 Å². The Bertz CT molecular complexity index is 491. The highest BCUT2D eigenvalue weighted by Crippen LogP contribution is 2.17. The van der Waals surface area contributed by atoms with Crippen molar-refractivity contribution >= 4 is 17.7 Å². The van der Waals surface area contributed by atoms with E-state index in [-0.39, 0.29) is 17.3 Å². The summed E-state index contributed by atoms with van der Waals surface area (Å²) in [5, 5.41) is 14.2. The maximum atomic E-state index is 13.0. The Balaban J connectivity index is 2.77. The summed E-state index contributed by atoms with van der Waals surface area (Å²) in [6, 6.07) is 2.76. The number of rotatable bonds is 6. The highest BCUT2D eigenvalue weighted by Gasteiger charge is 2.15. The molecule has 6 heteroatoms. The Labute approximate surface area is 117 Å². The van der Waals surface area contributed by atoms with Crippen molar-refractivity contribution in [1.82, 2.24) is 5.32 Å². The first kappa shape index (κ1) is 15.9. The number of urea groups is 1. The minimum atomic E-state index is -1.29. The molecule has 1 aromatic rings. The Kier molecular flexibility index (Phi) is 5.96. The molecule has 0 aliphatic heterocycles. The number of aromatic carboxylic acids is 1. The van der Waals surface area contributed by atoms with E-state index in [0.29, 0.717) is 0 Å². The van der Waals surface area contributed by atoms with Crippen LogP contribution in [0, 0.1) is 5.82 Å². The van der Waals surface area contributed by atoms with Gasteiger partial charge in [-0.3, -0.25) is 0 Å². The van der Waals surface area contributed by atoms with E-state index in [9.17, 15) is 14.0 Å². The quantitative estimate of drug-likeness (QED) is 0.749. The number of carboxylic acids is 1. The topological polar surface area (TPSA) is 78.4 Å². The number of carboxylic acid groups (broad SMARTS) is 1. The van der Waals surface area contributed by atoms with Crippen LogP contribution in [0.3, 0.4) is 0 Å². The Hall–Kier alpha value is -2.11. The number of hydrogen-bond acceptors (Lipinski definition) is 2. The van der Waals surface area contributed by atoms with Gasteiger partial charge in [-0.25, -0.2) is 14.0 Å². The minimum absolute atomic E-state index is 0.0359. The maximum absolute atomic E-state index is 13.0. The van der Waals surface area contributed by atoms with E-state index in [4.69, 9.17) is 5.11 Å². The number of nitrogens with one attached hydrogen (secondary N) is 2. The van der Waals surface area contributed by atoms with Crippen molar-refractivity contribution in [1.29, 1.82) is 0 Å². The number of amides is 2. The molecule has 1 rings (SSSR count). The van der Waals surface area contributed by atoms with E-state index in [0.717, 1.165) is 31.4 Å². The summed E-state index contributed by atoms with van der Waals surface area (Å²) >= 11 is 0. The molecule has 0 radical (unpaired) electrons. The molecule has 3 N–H and O–H groups in total. The molecule has 0 saturated carbocycles. The summed E-state index contributed by atoms with van der Waals surface area (Å²) in [6.07, 6.45) is 2.57. The van der Waals surface area contributed by atoms with Gasteiger partial charge in [0.25, 0.3) is 0 Å². The van der Waals surface area contributed by atoms with Gasteiger partial charge >= 0.3 is 12.0 Å². The van der Waals surface area contributed by atoms with Gasteiger partial charge in [0.2, 0.25) is 0 Å². The molecule has 1 atom stereocenters. The van der Waals surface area contributed by atoms with Gasteiger partial charge in [0.1, 0.15) is 5.82 Å². The first-order valence-corrected chi connectivity index (χ1v) is 6.58. The number of carbonyl (C=O) groups excluding carboxylic acids is 1. The highest BCUT2D eigenvalue weighted by molar-refractivity contribution is 6.00. The number of carbonyl (C=O) groups is 2. The fourth-order valence-electron chi connectivity index (χ4n) is 1.87.